The second kappa shape index (κ2) is 9.06. The fraction of sp³-hybridized carbons (Fsp3) is 0.222. The van der Waals surface area contributed by atoms with Crippen LogP contribution in [0.5, 0.6) is 0 Å². The lowest BCUT2D eigenvalue weighted by atomic mass is 9.77. The van der Waals surface area contributed by atoms with Gasteiger partial charge in [0.2, 0.25) is 0 Å². The van der Waals surface area contributed by atoms with Crippen LogP contribution in [0.2, 0.25) is 0 Å². The summed E-state index contributed by atoms with van der Waals surface area (Å²) in [6, 6.07) is 15.3. The van der Waals surface area contributed by atoms with Crippen LogP contribution in [-0.4, -0.2) is 16.7 Å². The summed E-state index contributed by atoms with van der Waals surface area (Å²) in [5, 5.41) is 6.24. The molecule has 0 saturated carbocycles. The van der Waals surface area contributed by atoms with Gasteiger partial charge >= 0.3 is 0 Å². The number of carbonyl (C=O) groups is 2. The SMILES string of the molecule is CC1=C(C(=O)Nc2cc(C)ccn2)[C@H](c2ccc(-c3ccc(Br)cc3)o2)C2=C(CCCC2=O)N1. The Bertz CT molecular complexity index is 1350. The predicted octanol–water partition coefficient (Wildman–Crippen LogP) is 6.02. The minimum atomic E-state index is -0.585. The molecule has 1 aliphatic heterocycles. The summed E-state index contributed by atoms with van der Waals surface area (Å²) in [6.45, 7) is 3.81. The van der Waals surface area contributed by atoms with Gasteiger partial charge in [0.25, 0.3) is 5.91 Å². The number of pyridine rings is 1. The maximum absolute atomic E-state index is 13.5. The van der Waals surface area contributed by atoms with E-state index in [1.807, 2.05) is 62.4 Å². The summed E-state index contributed by atoms with van der Waals surface area (Å²) >= 11 is 3.46. The molecule has 0 saturated heterocycles. The van der Waals surface area contributed by atoms with E-state index in [4.69, 9.17) is 4.42 Å². The highest BCUT2D eigenvalue weighted by molar-refractivity contribution is 9.10. The number of rotatable bonds is 4. The molecular weight excluding hydrogens is 494 g/mol. The molecule has 7 heteroatoms. The van der Waals surface area contributed by atoms with Crippen molar-refractivity contribution in [2.24, 2.45) is 0 Å². The smallest absolute Gasteiger partial charge is 0.255 e. The lowest BCUT2D eigenvalue weighted by molar-refractivity contribution is -0.116. The molecule has 1 aliphatic carbocycles. The van der Waals surface area contributed by atoms with E-state index in [0.717, 1.165) is 34.1 Å². The van der Waals surface area contributed by atoms with Gasteiger partial charge in [-0.2, -0.15) is 0 Å². The van der Waals surface area contributed by atoms with Crippen molar-refractivity contribution in [3.05, 3.63) is 93.1 Å². The molecule has 0 bridgehead atoms. The van der Waals surface area contributed by atoms with Gasteiger partial charge in [-0.25, -0.2) is 4.98 Å². The van der Waals surface area contributed by atoms with Gasteiger partial charge in [0.05, 0.1) is 11.5 Å². The van der Waals surface area contributed by atoms with Crippen LogP contribution in [0.3, 0.4) is 0 Å². The van der Waals surface area contributed by atoms with Gasteiger partial charge in [0.15, 0.2) is 5.78 Å². The Balaban J connectivity index is 1.57. The second-order valence-electron chi connectivity index (χ2n) is 8.65. The molecule has 0 unspecified atom stereocenters. The molecule has 34 heavy (non-hydrogen) atoms. The quantitative estimate of drug-likeness (QED) is 0.442. The summed E-state index contributed by atoms with van der Waals surface area (Å²) in [4.78, 5) is 30.9. The molecule has 3 heterocycles. The minimum absolute atomic E-state index is 0.0480. The number of Topliss-reactive ketones (excluding diaryl/α,β-unsaturated/α-hetero) is 1. The Labute approximate surface area is 206 Å². The van der Waals surface area contributed by atoms with E-state index in [1.165, 1.54) is 0 Å². The zero-order chi connectivity index (χ0) is 23.8. The van der Waals surface area contributed by atoms with Crippen LogP contribution in [0, 0.1) is 6.92 Å². The molecule has 2 N–H and O–H groups in total. The van der Waals surface area contributed by atoms with Crippen molar-refractivity contribution in [3.8, 4) is 11.3 Å². The normalized spacial score (nSPS) is 18.0. The first-order chi connectivity index (χ1) is 16.4. The van der Waals surface area contributed by atoms with E-state index in [9.17, 15) is 9.59 Å². The first kappa shape index (κ1) is 22.3. The Kier molecular flexibility index (Phi) is 5.96. The Morgan fingerprint density at radius 3 is 2.68 bits per heavy atom. The highest BCUT2D eigenvalue weighted by atomic mass is 79.9. The predicted molar refractivity (Wildman–Crippen MR) is 134 cm³/mol. The van der Waals surface area contributed by atoms with E-state index in [2.05, 4.69) is 31.5 Å². The largest absolute Gasteiger partial charge is 0.460 e. The maximum Gasteiger partial charge on any atom is 0.255 e. The number of halogens is 1. The lowest BCUT2D eigenvalue weighted by Gasteiger charge is -2.33. The van der Waals surface area contributed by atoms with Gasteiger partial charge in [-0.3, -0.25) is 9.59 Å². The summed E-state index contributed by atoms with van der Waals surface area (Å²) in [7, 11) is 0. The second-order valence-corrected chi connectivity index (χ2v) is 9.56. The van der Waals surface area contributed by atoms with E-state index in [0.29, 0.717) is 40.6 Å². The average Bonchev–Trinajstić information content (AvgIpc) is 3.29. The summed E-state index contributed by atoms with van der Waals surface area (Å²) in [5.41, 5.74) is 4.59. The number of nitrogens with zero attached hydrogens (tertiary/aromatic N) is 1. The fourth-order valence-electron chi connectivity index (χ4n) is 4.63. The van der Waals surface area contributed by atoms with Crippen molar-refractivity contribution in [3.63, 3.8) is 0 Å². The molecule has 0 radical (unpaired) electrons. The molecule has 3 aromatic rings. The van der Waals surface area contributed by atoms with E-state index >= 15 is 0 Å². The van der Waals surface area contributed by atoms with Gasteiger partial charge in [-0.05, 0) is 68.7 Å². The van der Waals surface area contributed by atoms with Crippen LogP contribution >= 0.6 is 15.9 Å². The number of nitrogens with one attached hydrogen (secondary N) is 2. The number of furan rings is 1. The van der Waals surface area contributed by atoms with Gasteiger partial charge in [0, 0.05) is 39.6 Å². The number of dihydropyridines is 1. The Morgan fingerprint density at radius 1 is 1.12 bits per heavy atom. The third-order valence-corrected chi connectivity index (χ3v) is 6.75. The zero-order valence-electron chi connectivity index (χ0n) is 18.9. The first-order valence-corrected chi connectivity index (χ1v) is 12.0. The van der Waals surface area contributed by atoms with Crippen molar-refractivity contribution in [1.29, 1.82) is 0 Å². The highest BCUT2D eigenvalue weighted by Crippen LogP contribution is 2.43. The number of aryl methyl sites for hydroxylation is 1. The van der Waals surface area contributed by atoms with Crippen LogP contribution in [0.25, 0.3) is 11.3 Å². The number of carbonyl (C=O) groups excluding carboxylic acids is 2. The van der Waals surface area contributed by atoms with Crippen molar-refractivity contribution in [1.82, 2.24) is 10.3 Å². The van der Waals surface area contributed by atoms with Crippen LogP contribution < -0.4 is 10.6 Å². The molecular formula is C27H24BrN3O3. The number of allylic oxidation sites excluding steroid dienone is 3. The van der Waals surface area contributed by atoms with Gasteiger partial charge in [-0.1, -0.05) is 28.1 Å². The summed E-state index contributed by atoms with van der Waals surface area (Å²) in [5.74, 6) is 0.881. The molecule has 2 aliphatic rings. The molecule has 1 atom stereocenters. The third kappa shape index (κ3) is 4.23. The molecule has 6 nitrogen and oxygen atoms in total. The summed E-state index contributed by atoms with van der Waals surface area (Å²) in [6.07, 6.45) is 3.68. The number of benzene rings is 1. The number of anilines is 1. The van der Waals surface area contributed by atoms with Gasteiger partial charge < -0.3 is 15.1 Å². The fourth-order valence-corrected chi connectivity index (χ4v) is 4.90. The number of ketones is 1. The van der Waals surface area contributed by atoms with Crippen molar-refractivity contribution < 1.29 is 14.0 Å². The Morgan fingerprint density at radius 2 is 1.91 bits per heavy atom. The number of hydrogen-bond acceptors (Lipinski definition) is 5. The highest BCUT2D eigenvalue weighted by Gasteiger charge is 2.40. The number of amides is 1. The van der Waals surface area contributed by atoms with Gasteiger partial charge in [-0.15, -0.1) is 0 Å². The number of aromatic nitrogens is 1. The summed E-state index contributed by atoms with van der Waals surface area (Å²) < 4.78 is 7.26. The Hall–Kier alpha value is -3.45. The van der Waals surface area contributed by atoms with Crippen molar-refractivity contribution in [2.75, 3.05) is 5.32 Å². The van der Waals surface area contributed by atoms with E-state index in [-0.39, 0.29) is 11.7 Å². The third-order valence-electron chi connectivity index (χ3n) is 6.22. The molecule has 1 amide bonds. The molecule has 2 aromatic heterocycles. The molecule has 0 spiro atoms. The topological polar surface area (TPSA) is 84.2 Å². The van der Waals surface area contributed by atoms with E-state index < -0.39 is 5.92 Å². The minimum Gasteiger partial charge on any atom is -0.460 e. The van der Waals surface area contributed by atoms with Crippen LogP contribution in [0.1, 0.15) is 43.4 Å². The molecule has 172 valence electrons. The molecule has 5 rings (SSSR count). The standard InChI is InChI=1S/C27H24BrN3O3/c1-15-12-13-29-23(14-15)31-27(33)24-16(2)30-19-4-3-5-20(32)25(19)26(24)22-11-10-21(34-22)17-6-8-18(28)9-7-17/h6-14,26,30H,3-5H2,1-2H3,(H,29,31,33)/t26-/m0/s1. The number of hydrogen-bond donors (Lipinski definition) is 2. The van der Waals surface area contributed by atoms with Crippen molar-refractivity contribution >= 4 is 33.4 Å². The monoisotopic (exact) mass is 517 g/mol. The zero-order valence-corrected chi connectivity index (χ0v) is 20.5. The maximum atomic E-state index is 13.5. The van der Waals surface area contributed by atoms with E-state index in [1.54, 1.807) is 6.20 Å². The lowest BCUT2D eigenvalue weighted by Crippen LogP contribution is -2.35. The first-order valence-electron chi connectivity index (χ1n) is 11.2. The van der Waals surface area contributed by atoms with Crippen molar-refractivity contribution in [2.45, 2.75) is 39.0 Å². The average molecular weight is 518 g/mol. The van der Waals surface area contributed by atoms with Gasteiger partial charge in [0.1, 0.15) is 17.3 Å². The molecule has 1 aromatic carbocycles. The molecule has 0 fully saturated rings. The van der Waals surface area contributed by atoms with Crippen LogP contribution in [0.15, 0.2) is 86.2 Å². The van der Waals surface area contributed by atoms with Crippen LogP contribution in [-0.2, 0) is 9.59 Å². The van der Waals surface area contributed by atoms with Crippen LogP contribution in [0.4, 0.5) is 5.82 Å².